The minimum atomic E-state index is -4.43. The number of carbonyl (C=O) groups excluding carboxylic acids is 1. The van der Waals surface area contributed by atoms with Crippen molar-refractivity contribution < 1.29 is 22.4 Å². The van der Waals surface area contributed by atoms with Crippen molar-refractivity contribution in [1.82, 2.24) is 14.9 Å². The number of halogens is 4. The quantitative estimate of drug-likeness (QED) is 0.417. The number of alkyl halides is 4. The van der Waals surface area contributed by atoms with Gasteiger partial charge in [0.1, 0.15) is 11.9 Å². The first-order chi connectivity index (χ1) is 15.7. The third-order valence-corrected chi connectivity index (χ3v) is 6.79. The topological polar surface area (TPSA) is 46.1 Å². The van der Waals surface area contributed by atoms with Gasteiger partial charge in [0.05, 0.1) is 22.0 Å². The number of aryl methyl sites for hydroxylation is 2. The van der Waals surface area contributed by atoms with E-state index in [4.69, 9.17) is 0 Å². The van der Waals surface area contributed by atoms with E-state index >= 15 is 0 Å². The summed E-state index contributed by atoms with van der Waals surface area (Å²) in [5.74, 6) is -0.314. The molecule has 0 spiro atoms. The molecule has 0 N–H and O–H groups in total. The van der Waals surface area contributed by atoms with Gasteiger partial charge in [0, 0.05) is 17.9 Å². The van der Waals surface area contributed by atoms with Gasteiger partial charge in [-0.2, -0.15) is 13.2 Å². The van der Waals surface area contributed by atoms with Crippen LogP contribution >= 0.6 is 11.3 Å². The Hall–Kier alpha value is -2.81. The summed E-state index contributed by atoms with van der Waals surface area (Å²) in [6.45, 7) is 1.81. The highest BCUT2D eigenvalue weighted by Gasteiger charge is 2.35. The van der Waals surface area contributed by atoms with Crippen LogP contribution in [0.2, 0.25) is 0 Å². The van der Waals surface area contributed by atoms with E-state index in [0.717, 1.165) is 27.7 Å². The molecule has 1 aliphatic rings. The number of amides is 1. The molecule has 4 rings (SSSR count). The number of likely N-dealkylation sites (tertiary alicyclic amines) is 1. The standard InChI is InChI=1S/C24H23F4N3OS/c1-15-30-21(22(33-15)16-5-3-2-4-6-16)23(32)31-14-18(25)8-11-20(31)12-10-19-9-7-17(13-29-19)24(26,27)28/h2-7,9,13,18,20H,8,10-12,14H2,1H3. The fraction of sp³-hybridized carbons (Fsp3) is 0.375. The van der Waals surface area contributed by atoms with Crippen molar-refractivity contribution in [2.75, 3.05) is 6.54 Å². The molecule has 0 saturated carbocycles. The first-order valence-corrected chi connectivity index (χ1v) is 11.5. The van der Waals surface area contributed by atoms with Crippen molar-refractivity contribution in [1.29, 1.82) is 0 Å². The van der Waals surface area contributed by atoms with Gasteiger partial charge < -0.3 is 4.90 Å². The minimum absolute atomic E-state index is 0.0191. The van der Waals surface area contributed by atoms with Gasteiger partial charge in [0.15, 0.2) is 0 Å². The predicted molar refractivity (Wildman–Crippen MR) is 119 cm³/mol. The third-order valence-electron chi connectivity index (χ3n) is 5.77. The molecule has 3 aromatic rings. The van der Waals surface area contributed by atoms with Crippen LogP contribution in [-0.2, 0) is 12.6 Å². The second-order valence-corrected chi connectivity index (χ2v) is 9.34. The first-order valence-electron chi connectivity index (χ1n) is 10.7. The lowest BCUT2D eigenvalue weighted by atomic mass is 9.95. The van der Waals surface area contributed by atoms with Gasteiger partial charge >= 0.3 is 6.18 Å². The van der Waals surface area contributed by atoms with Gasteiger partial charge in [-0.05, 0) is 50.3 Å². The summed E-state index contributed by atoms with van der Waals surface area (Å²) in [4.78, 5) is 24.2. The van der Waals surface area contributed by atoms with E-state index in [1.807, 2.05) is 37.3 Å². The zero-order chi connectivity index (χ0) is 23.6. The second kappa shape index (κ2) is 9.59. The number of rotatable bonds is 5. The second-order valence-electron chi connectivity index (χ2n) is 8.14. The van der Waals surface area contributed by atoms with Gasteiger partial charge in [-0.1, -0.05) is 30.3 Å². The van der Waals surface area contributed by atoms with E-state index < -0.39 is 17.9 Å². The lowest BCUT2D eigenvalue weighted by Gasteiger charge is -2.37. The monoisotopic (exact) mass is 477 g/mol. The molecule has 1 saturated heterocycles. The number of hydrogen-bond donors (Lipinski definition) is 0. The van der Waals surface area contributed by atoms with E-state index in [1.54, 1.807) is 4.90 Å². The molecular weight excluding hydrogens is 454 g/mol. The summed E-state index contributed by atoms with van der Waals surface area (Å²) in [5.41, 5.74) is 0.904. The molecule has 2 unspecified atom stereocenters. The van der Waals surface area contributed by atoms with Gasteiger partial charge in [-0.25, -0.2) is 9.37 Å². The minimum Gasteiger partial charge on any atom is -0.331 e. The van der Waals surface area contributed by atoms with Crippen LogP contribution in [0.5, 0.6) is 0 Å². The number of nitrogens with zero attached hydrogens (tertiary/aromatic N) is 3. The Morgan fingerprint density at radius 3 is 2.58 bits per heavy atom. The molecule has 1 fully saturated rings. The number of hydrogen-bond acceptors (Lipinski definition) is 4. The number of aromatic nitrogens is 2. The van der Waals surface area contributed by atoms with Crippen molar-refractivity contribution >= 4 is 17.2 Å². The highest BCUT2D eigenvalue weighted by molar-refractivity contribution is 7.15. The highest BCUT2D eigenvalue weighted by Crippen LogP contribution is 2.33. The van der Waals surface area contributed by atoms with Crippen LogP contribution in [0.1, 0.15) is 46.0 Å². The molecule has 174 valence electrons. The SMILES string of the molecule is Cc1nc(C(=O)N2CC(F)CCC2CCc2ccc(C(F)(F)F)cn2)c(-c2ccccc2)s1. The molecule has 9 heteroatoms. The van der Waals surface area contributed by atoms with Crippen LogP contribution in [-0.4, -0.2) is 39.5 Å². The summed E-state index contributed by atoms with van der Waals surface area (Å²) < 4.78 is 52.6. The Morgan fingerprint density at radius 2 is 1.91 bits per heavy atom. The fourth-order valence-electron chi connectivity index (χ4n) is 4.08. The maximum atomic E-state index is 14.3. The van der Waals surface area contributed by atoms with Crippen LogP contribution in [0.25, 0.3) is 10.4 Å². The van der Waals surface area contributed by atoms with Gasteiger partial charge in [0.2, 0.25) is 0 Å². The molecule has 0 aliphatic carbocycles. The zero-order valence-electron chi connectivity index (χ0n) is 18.0. The molecule has 33 heavy (non-hydrogen) atoms. The summed E-state index contributed by atoms with van der Waals surface area (Å²) in [7, 11) is 0. The summed E-state index contributed by atoms with van der Waals surface area (Å²) in [6, 6.07) is 11.6. The predicted octanol–water partition coefficient (Wildman–Crippen LogP) is 6.11. The van der Waals surface area contributed by atoms with Gasteiger partial charge in [-0.15, -0.1) is 11.3 Å². The number of thiazole rings is 1. The average molecular weight is 478 g/mol. The summed E-state index contributed by atoms with van der Waals surface area (Å²) in [5, 5.41) is 0.747. The number of piperidine rings is 1. The van der Waals surface area contributed by atoms with Crippen LogP contribution in [0.3, 0.4) is 0 Å². The fourth-order valence-corrected chi connectivity index (χ4v) is 5.00. The molecule has 1 aliphatic heterocycles. The maximum Gasteiger partial charge on any atom is 0.417 e. The molecule has 4 nitrogen and oxygen atoms in total. The lowest BCUT2D eigenvalue weighted by Crippen LogP contribution is -2.48. The van der Waals surface area contributed by atoms with Crippen LogP contribution in [0.15, 0.2) is 48.7 Å². The molecule has 2 aromatic heterocycles. The molecule has 1 amide bonds. The van der Waals surface area contributed by atoms with E-state index in [-0.39, 0.29) is 18.5 Å². The van der Waals surface area contributed by atoms with E-state index in [2.05, 4.69) is 9.97 Å². The Balaban J connectivity index is 1.53. The van der Waals surface area contributed by atoms with Crippen molar-refractivity contribution in [3.63, 3.8) is 0 Å². The van der Waals surface area contributed by atoms with Crippen LogP contribution < -0.4 is 0 Å². The van der Waals surface area contributed by atoms with Gasteiger partial charge in [0.25, 0.3) is 5.91 Å². The number of carbonyl (C=O) groups is 1. The third kappa shape index (κ3) is 5.40. The lowest BCUT2D eigenvalue weighted by molar-refractivity contribution is -0.137. The van der Waals surface area contributed by atoms with Crippen LogP contribution in [0.4, 0.5) is 17.6 Å². The smallest absolute Gasteiger partial charge is 0.331 e. The van der Waals surface area contributed by atoms with Crippen molar-refractivity contribution in [3.8, 4) is 10.4 Å². The number of pyridine rings is 1. The highest BCUT2D eigenvalue weighted by atomic mass is 32.1. The molecule has 1 aromatic carbocycles. The molecular formula is C24H23F4N3OS. The Morgan fingerprint density at radius 1 is 1.15 bits per heavy atom. The van der Waals surface area contributed by atoms with Crippen LogP contribution in [0, 0.1) is 6.92 Å². The van der Waals surface area contributed by atoms with Crippen molar-refractivity contribution in [2.45, 2.75) is 51.0 Å². The molecule has 0 radical (unpaired) electrons. The first kappa shape index (κ1) is 23.4. The largest absolute Gasteiger partial charge is 0.417 e. The van der Waals surface area contributed by atoms with Crippen molar-refractivity contribution in [3.05, 3.63) is 70.6 Å². The Kier molecular flexibility index (Phi) is 6.78. The maximum absolute atomic E-state index is 14.3. The average Bonchev–Trinajstić information content (AvgIpc) is 3.19. The summed E-state index contributed by atoms with van der Waals surface area (Å²) in [6.07, 6.45) is -3.02. The van der Waals surface area contributed by atoms with E-state index in [9.17, 15) is 22.4 Å². The zero-order valence-corrected chi connectivity index (χ0v) is 18.8. The Bertz CT molecular complexity index is 1100. The Labute approximate surface area is 193 Å². The van der Waals surface area contributed by atoms with Gasteiger partial charge in [-0.3, -0.25) is 9.78 Å². The molecule has 3 heterocycles. The number of benzene rings is 1. The van der Waals surface area contributed by atoms with E-state index in [1.165, 1.54) is 17.4 Å². The van der Waals surface area contributed by atoms with E-state index in [0.29, 0.717) is 37.1 Å². The summed E-state index contributed by atoms with van der Waals surface area (Å²) >= 11 is 1.42. The molecule has 0 bridgehead atoms. The van der Waals surface area contributed by atoms with Crippen molar-refractivity contribution in [2.24, 2.45) is 0 Å². The normalized spacial score (nSPS) is 19.0. The molecule has 2 atom stereocenters.